The zero-order chi connectivity index (χ0) is 18.5. The van der Waals surface area contributed by atoms with E-state index in [0.717, 1.165) is 5.56 Å². The number of benzene rings is 2. The topological polar surface area (TPSA) is 56.2 Å². The molecule has 1 N–H and O–H groups in total. The first-order valence-corrected chi connectivity index (χ1v) is 8.02. The molecule has 1 heterocycles. The fourth-order valence-electron chi connectivity index (χ4n) is 2.36. The number of amides is 1. The van der Waals surface area contributed by atoms with Crippen molar-refractivity contribution in [3.8, 4) is 5.75 Å². The molecule has 8 heteroatoms. The second-order valence-electron chi connectivity index (χ2n) is 5.33. The van der Waals surface area contributed by atoms with Gasteiger partial charge in [0.15, 0.2) is 0 Å². The molecule has 26 heavy (non-hydrogen) atoms. The maximum atomic E-state index is 12.5. The number of aromatic nitrogens is 2. The van der Waals surface area contributed by atoms with Crippen molar-refractivity contribution in [2.24, 2.45) is 0 Å². The third-order valence-electron chi connectivity index (χ3n) is 3.55. The predicted molar refractivity (Wildman–Crippen MR) is 93.8 cm³/mol. The number of ether oxygens (including phenoxy) is 1. The monoisotopic (exact) mass is 377 g/mol. The van der Waals surface area contributed by atoms with Gasteiger partial charge in [0.05, 0.1) is 18.3 Å². The normalized spacial score (nSPS) is 10.8. The lowest BCUT2D eigenvalue weighted by Gasteiger charge is -2.12. The van der Waals surface area contributed by atoms with Crippen molar-refractivity contribution in [3.63, 3.8) is 0 Å². The second-order valence-corrected chi connectivity index (χ2v) is 5.77. The Balaban J connectivity index is 1.77. The van der Waals surface area contributed by atoms with Gasteiger partial charge < -0.3 is 10.1 Å². The summed E-state index contributed by atoms with van der Waals surface area (Å²) in [6, 6.07) is 14.6. The van der Waals surface area contributed by atoms with E-state index in [9.17, 15) is 13.6 Å². The third-order valence-corrected chi connectivity index (χ3v) is 3.80. The zero-order valence-corrected chi connectivity index (χ0v) is 14.2. The number of rotatable bonds is 6. The summed E-state index contributed by atoms with van der Waals surface area (Å²) in [5, 5.41) is 7.46. The van der Waals surface area contributed by atoms with Crippen molar-refractivity contribution in [3.05, 3.63) is 76.9 Å². The van der Waals surface area contributed by atoms with E-state index in [1.807, 2.05) is 12.1 Å². The number of carbonyl (C=O) groups excluding carboxylic acids is 1. The molecule has 5 nitrogen and oxygen atoms in total. The molecule has 0 aliphatic rings. The number of carbonyl (C=O) groups is 1. The first kappa shape index (κ1) is 17.9. The standard InChI is InChI=1S/C18H14ClF2N3O2/c19-13-7-5-12(6-8-13)11-24-16(9-10-22-24)23-17(25)14-3-1-2-4-15(14)26-18(20)21/h1-10,18H,11H2,(H,23,25). The number of para-hydroxylation sites is 1. The quantitative estimate of drug-likeness (QED) is 0.691. The Morgan fingerprint density at radius 1 is 1.15 bits per heavy atom. The molecule has 0 saturated carbocycles. The average molecular weight is 378 g/mol. The van der Waals surface area contributed by atoms with E-state index in [4.69, 9.17) is 11.6 Å². The molecule has 0 radical (unpaired) electrons. The molecular weight excluding hydrogens is 364 g/mol. The summed E-state index contributed by atoms with van der Waals surface area (Å²) in [6.07, 6.45) is 1.53. The molecule has 0 saturated heterocycles. The van der Waals surface area contributed by atoms with Gasteiger partial charge in [-0.25, -0.2) is 4.68 Å². The Kier molecular flexibility index (Phi) is 5.48. The zero-order valence-electron chi connectivity index (χ0n) is 13.4. The second kappa shape index (κ2) is 7.97. The first-order valence-electron chi connectivity index (χ1n) is 7.64. The highest BCUT2D eigenvalue weighted by Gasteiger charge is 2.16. The van der Waals surface area contributed by atoms with Gasteiger partial charge in [-0.2, -0.15) is 13.9 Å². The summed E-state index contributed by atoms with van der Waals surface area (Å²) >= 11 is 5.87. The van der Waals surface area contributed by atoms with Crippen LogP contribution < -0.4 is 10.1 Å². The maximum Gasteiger partial charge on any atom is 0.387 e. The Hall–Kier alpha value is -2.93. The molecule has 3 rings (SSSR count). The molecule has 0 aliphatic carbocycles. The van der Waals surface area contributed by atoms with Gasteiger partial charge in [0.1, 0.15) is 11.6 Å². The van der Waals surface area contributed by atoms with Gasteiger partial charge in [-0.3, -0.25) is 4.79 Å². The molecule has 0 fully saturated rings. The summed E-state index contributed by atoms with van der Waals surface area (Å²) in [7, 11) is 0. The highest BCUT2D eigenvalue weighted by Crippen LogP contribution is 2.22. The minimum absolute atomic E-state index is 0.00652. The van der Waals surface area contributed by atoms with Crippen LogP contribution >= 0.6 is 11.6 Å². The van der Waals surface area contributed by atoms with Gasteiger partial charge in [0.2, 0.25) is 0 Å². The van der Waals surface area contributed by atoms with Crippen molar-refractivity contribution >= 4 is 23.3 Å². The van der Waals surface area contributed by atoms with E-state index < -0.39 is 12.5 Å². The lowest BCUT2D eigenvalue weighted by Crippen LogP contribution is -2.18. The fourth-order valence-corrected chi connectivity index (χ4v) is 2.49. The van der Waals surface area contributed by atoms with Crippen molar-refractivity contribution in [2.75, 3.05) is 5.32 Å². The van der Waals surface area contributed by atoms with E-state index in [1.165, 1.54) is 24.4 Å². The first-order chi connectivity index (χ1) is 12.5. The number of halogens is 3. The lowest BCUT2D eigenvalue weighted by atomic mass is 10.2. The van der Waals surface area contributed by atoms with Crippen LogP contribution in [0.5, 0.6) is 5.75 Å². The Morgan fingerprint density at radius 3 is 2.62 bits per heavy atom. The van der Waals surface area contributed by atoms with Crippen LogP contribution in [0.1, 0.15) is 15.9 Å². The van der Waals surface area contributed by atoms with Crippen LogP contribution in [0.3, 0.4) is 0 Å². The van der Waals surface area contributed by atoms with Gasteiger partial charge in [0.25, 0.3) is 5.91 Å². The van der Waals surface area contributed by atoms with Crippen LogP contribution in [-0.2, 0) is 6.54 Å². The molecule has 0 unspecified atom stereocenters. The number of nitrogens with one attached hydrogen (secondary N) is 1. The molecule has 3 aromatic rings. The van der Waals surface area contributed by atoms with E-state index >= 15 is 0 Å². The molecule has 0 atom stereocenters. The van der Waals surface area contributed by atoms with Crippen LogP contribution in [-0.4, -0.2) is 22.3 Å². The van der Waals surface area contributed by atoms with Crippen LogP contribution in [0, 0.1) is 0 Å². The van der Waals surface area contributed by atoms with E-state index in [2.05, 4.69) is 15.2 Å². The highest BCUT2D eigenvalue weighted by molar-refractivity contribution is 6.30. The minimum Gasteiger partial charge on any atom is -0.434 e. The van der Waals surface area contributed by atoms with Crippen molar-refractivity contribution in [1.29, 1.82) is 0 Å². The van der Waals surface area contributed by atoms with Crippen LogP contribution in [0.15, 0.2) is 60.8 Å². The molecule has 0 bridgehead atoms. The van der Waals surface area contributed by atoms with Crippen molar-refractivity contribution in [1.82, 2.24) is 9.78 Å². The SMILES string of the molecule is O=C(Nc1ccnn1Cc1ccc(Cl)cc1)c1ccccc1OC(F)F. The maximum absolute atomic E-state index is 12.5. The summed E-state index contributed by atoms with van der Waals surface area (Å²) in [5.74, 6) is -0.334. The molecular formula is C18H14ClF2N3O2. The number of hydrogen-bond donors (Lipinski definition) is 1. The Morgan fingerprint density at radius 2 is 1.88 bits per heavy atom. The minimum atomic E-state index is -3.01. The average Bonchev–Trinajstić information content (AvgIpc) is 3.03. The Labute approximate surface area is 153 Å². The summed E-state index contributed by atoms with van der Waals surface area (Å²) in [4.78, 5) is 12.5. The number of anilines is 1. The number of nitrogens with zero attached hydrogens (tertiary/aromatic N) is 2. The van der Waals surface area contributed by atoms with Crippen LogP contribution in [0.2, 0.25) is 5.02 Å². The van der Waals surface area contributed by atoms with Crippen molar-refractivity contribution < 1.29 is 18.3 Å². The fraction of sp³-hybridized carbons (Fsp3) is 0.111. The lowest BCUT2D eigenvalue weighted by molar-refractivity contribution is -0.0501. The predicted octanol–water partition coefficient (Wildman–Crippen LogP) is 4.44. The molecule has 1 aromatic heterocycles. The van der Waals surface area contributed by atoms with Crippen LogP contribution in [0.4, 0.5) is 14.6 Å². The molecule has 0 aliphatic heterocycles. The van der Waals surface area contributed by atoms with Gasteiger partial charge >= 0.3 is 6.61 Å². The molecule has 0 spiro atoms. The van der Waals surface area contributed by atoms with E-state index in [1.54, 1.807) is 28.9 Å². The largest absolute Gasteiger partial charge is 0.434 e. The van der Waals surface area contributed by atoms with E-state index in [-0.39, 0.29) is 11.3 Å². The summed E-state index contributed by atoms with van der Waals surface area (Å²) < 4.78 is 31.0. The molecule has 134 valence electrons. The van der Waals surface area contributed by atoms with E-state index in [0.29, 0.717) is 17.4 Å². The van der Waals surface area contributed by atoms with Gasteiger partial charge in [-0.1, -0.05) is 35.9 Å². The number of alkyl halides is 2. The Bertz CT molecular complexity index is 897. The van der Waals surface area contributed by atoms with Crippen molar-refractivity contribution in [2.45, 2.75) is 13.2 Å². The molecule has 1 amide bonds. The smallest absolute Gasteiger partial charge is 0.387 e. The highest BCUT2D eigenvalue weighted by atomic mass is 35.5. The third kappa shape index (κ3) is 4.37. The summed E-state index contributed by atoms with van der Waals surface area (Å²) in [6.45, 7) is -2.60. The van der Waals surface area contributed by atoms with Crippen LogP contribution in [0.25, 0.3) is 0 Å². The molecule has 2 aromatic carbocycles. The van der Waals surface area contributed by atoms with Gasteiger partial charge in [-0.05, 0) is 29.8 Å². The summed E-state index contributed by atoms with van der Waals surface area (Å²) in [5.41, 5.74) is 0.946. The van der Waals surface area contributed by atoms with Gasteiger partial charge in [0, 0.05) is 11.1 Å². The van der Waals surface area contributed by atoms with Gasteiger partial charge in [-0.15, -0.1) is 0 Å². The number of hydrogen-bond acceptors (Lipinski definition) is 3.